The number of rotatable bonds is 7. The van der Waals surface area contributed by atoms with E-state index >= 15 is 0 Å². The fraction of sp³-hybridized carbons (Fsp3) is 0.632. The number of nitrogens with one attached hydrogen (secondary N) is 3. The molecule has 1 aromatic carbocycles. The number of carbonyl (C=O) groups is 1. The molecule has 1 heterocycles. The van der Waals surface area contributed by atoms with Gasteiger partial charge in [-0.2, -0.15) is 0 Å². The van der Waals surface area contributed by atoms with E-state index in [0.29, 0.717) is 12.5 Å². The molecule has 1 aliphatic rings. The fourth-order valence-electron chi connectivity index (χ4n) is 3.16. The number of benzene rings is 1. The number of quaternary nitrogens is 2. The topological polar surface area (TPSA) is 47.2 Å². The lowest BCUT2D eigenvalue weighted by atomic mass is 10.1. The van der Waals surface area contributed by atoms with Gasteiger partial charge in [-0.25, -0.2) is 4.39 Å². The van der Waals surface area contributed by atoms with Crippen LogP contribution in [0.1, 0.15) is 26.3 Å². The van der Waals surface area contributed by atoms with Crippen molar-refractivity contribution >= 4 is 5.91 Å². The van der Waals surface area contributed by atoms with E-state index in [1.807, 2.05) is 6.92 Å². The minimum absolute atomic E-state index is 0.131. The van der Waals surface area contributed by atoms with Gasteiger partial charge in [-0.1, -0.05) is 13.8 Å². The molecule has 0 aliphatic carbocycles. The Hall–Kier alpha value is -1.66. The van der Waals surface area contributed by atoms with E-state index in [4.69, 9.17) is 4.74 Å². The van der Waals surface area contributed by atoms with Crippen molar-refractivity contribution in [3.8, 4) is 5.75 Å². The number of halogens is 1. The molecule has 1 fully saturated rings. The second-order valence-corrected chi connectivity index (χ2v) is 7.41. The van der Waals surface area contributed by atoms with Gasteiger partial charge in [0.1, 0.15) is 44.3 Å². The highest BCUT2D eigenvalue weighted by molar-refractivity contribution is 5.77. The first-order valence-electron chi connectivity index (χ1n) is 9.18. The molecule has 1 saturated heterocycles. The summed E-state index contributed by atoms with van der Waals surface area (Å²) in [5, 5.41) is 3.07. The third-order valence-corrected chi connectivity index (χ3v) is 5.15. The van der Waals surface area contributed by atoms with E-state index in [-0.39, 0.29) is 17.8 Å². The molecule has 3 N–H and O–H groups in total. The van der Waals surface area contributed by atoms with Crippen molar-refractivity contribution in [1.82, 2.24) is 5.32 Å². The summed E-state index contributed by atoms with van der Waals surface area (Å²) >= 11 is 0. The zero-order chi connectivity index (χ0) is 18.4. The third kappa shape index (κ3) is 5.97. The Morgan fingerprint density at radius 3 is 2.44 bits per heavy atom. The molecule has 6 heteroatoms. The van der Waals surface area contributed by atoms with Crippen molar-refractivity contribution in [2.45, 2.75) is 33.4 Å². The van der Waals surface area contributed by atoms with Gasteiger partial charge < -0.3 is 19.9 Å². The number of piperazine rings is 1. The predicted octanol–water partition coefficient (Wildman–Crippen LogP) is -0.722. The lowest BCUT2D eigenvalue weighted by Gasteiger charge is -2.30. The van der Waals surface area contributed by atoms with Crippen molar-refractivity contribution in [3.05, 3.63) is 29.6 Å². The van der Waals surface area contributed by atoms with Gasteiger partial charge in [-0.05, 0) is 31.0 Å². The van der Waals surface area contributed by atoms with Gasteiger partial charge in [0, 0.05) is 6.04 Å². The average molecular weight is 353 g/mol. The van der Waals surface area contributed by atoms with Crippen LogP contribution in [0.25, 0.3) is 0 Å². The van der Waals surface area contributed by atoms with Crippen molar-refractivity contribution in [2.75, 3.05) is 39.8 Å². The second kappa shape index (κ2) is 9.15. The van der Waals surface area contributed by atoms with Crippen molar-refractivity contribution in [3.63, 3.8) is 0 Å². The van der Waals surface area contributed by atoms with Crippen LogP contribution in [0.3, 0.4) is 0 Å². The van der Waals surface area contributed by atoms with Gasteiger partial charge in [0.2, 0.25) is 0 Å². The van der Waals surface area contributed by atoms with E-state index in [0.717, 1.165) is 44.0 Å². The Bertz CT molecular complexity index is 572. The second-order valence-electron chi connectivity index (χ2n) is 7.41. The van der Waals surface area contributed by atoms with Crippen LogP contribution in [-0.2, 0) is 11.3 Å². The number of amides is 1. The summed E-state index contributed by atoms with van der Waals surface area (Å²) in [6.45, 7) is 11.4. The van der Waals surface area contributed by atoms with E-state index in [2.05, 4.69) is 19.2 Å². The first-order valence-corrected chi connectivity index (χ1v) is 9.18. The fourth-order valence-corrected chi connectivity index (χ4v) is 3.16. The van der Waals surface area contributed by atoms with Gasteiger partial charge in [0.15, 0.2) is 6.54 Å². The SMILES string of the molecule is COc1ccc(F)cc1C[NH+]1CC[NH+](CC(=O)N[C@@H](C)C(C)C)CC1. The maximum atomic E-state index is 13.5. The quantitative estimate of drug-likeness (QED) is 0.606. The van der Waals surface area contributed by atoms with Crippen LogP contribution >= 0.6 is 0 Å². The lowest BCUT2D eigenvalue weighted by Crippen LogP contribution is -3.28. The number of hydrogen-bond donors (Lipinski definition) is 3. The molecule has 1 aliphatic heterocycles. The highest BCUT2D eigenvalue weighted by Crippen LogP contribution is 2.18. The predicted molar refractivity (Wildman–Crippen MR) is 95.4 cm³/mol. The van der Waals surface area contributed by atoms with Crippen LogP contribution in [0.4, 0.5) is 4.39 Å². The maximum Gasteiger partial charge on any atom is 0.275 e. The molecule has 0 unspecified atom stereocenters. The Labute approximate surface area is 150 Å². The van der Waals surface area contributed by atoms with E-state index in [1.54, 1.807) is 19.2 Å². The molecule has 0 radical (unpaired) electrons. The Balaban J connectivity index is 1.80. The largest absolute Gasteiger partial charge is 0.496 e. The van der Waals surface area contributed by atoms with Gasteiger partial charge in [-0.15, -0.1) is 0 Å². The smallest absolute Gasteiger partial charge is 0.275 e. The third-order valence-electron chi connectivity index (χ3n) is 5.15. The zero-order valence-corrected chi connectivity index (χ0v) is 15.8. The van der Waals surface area contributed by atoms with E-state index in [9.17, 15) is 9.18 Å². The molecule has 1 amide bonds. The Morgan fingerprint density at radius 1 is 1.20 bits per heavy atom. The van der Waals surface area contributed by atoms with Crippen molar-refractivity contribution in [1.29, 1.82) is 0 Å². The van der Waals surface area contributed by atoms with Gasteiger partial charge in [-0.3, -0.25) is 4.79 Å². The van der Waals surface area contributed by atoms with Crippen LogP contribution in [0, 0.1) is 11.7 Å². The van der Waals surface area contributed by atoms with E-state index < -0.39 is 0 Å². The summed E-state index contributed by atoms with van der Waals surface area (Å²) in [5.74, 6) is 1.09. The maximum absolute atomic E-state index is 13.5. The molecule has 0 spiro atoms. The number of carbonyl (C=O) groups excluding carboxylic acids is 1. The molecule has 0 bridgehead atoms. The summed E-state index contributed by atoms with van der Waals surface area (Å²) in [4.78, 5) is 14.9. The van der Waals surface area contributed by atoms with Gasteiger partial charge >= 0.3 is 0 Å². The van der Waals surface area contributed by atoms with Crippen LogP contribution in [-0.4, -0.2) is 51.8 Å². The first kappa shape index (κ1) is 19.7. The molecule has 0 aromatic heterocycles. The summed E-state index contributed by atoms with van der Waals surface area (Å²) in [5.41, 5.74) is 0.907. The summed E-state index contributed by atoms with van der Waals surface area (Å²) < 4.78 is 18.8. The summed E-state index contributed by atoms with van der Waals surface area (Å²) in [6.07, 6.45) is 0. The zero-order valence-electron chi connectivity index (χ0n) is 15.8. The average Bonchev–Trinajstić information content (AvgIpc) is 2.56. The molecular weight excluding hydrogens is 321 g/mol. The van der Waals surface area contributed by atoms with Crippen molar-refractivity contribution in [2.24, 2.45) is 5.92 Å². The molecule has 1 aromatic rings. The number of hydrogen-bond acceptors (Lipinski definition) is 2. The number of methoxy groups -OCH3 is 1. The molecule has 0 saturated carbocycles. The van der Waals surface area contributed by atoms with Crippen LogP contribution in [0.5, 0.6) is 5.75 Å². The molecule has 140 valence electrons. The molecule has 1 atom stereocenters. The lowest BCUT2D eigenvalue weighted by molar-refractivity contribution is -1.02. The van der Waals surface area contributed by atoms with Crippen LogP contribution in [0.15, 0.2) is 18.2 Å². The van der Waals surface area contributed by atoms with E-state index in [1.165, 1.54) is 15.9 Å². The Kier molecular flexibility index (Phi) is 7.20. The molecular formula is C19H32FN3O2+2. The standard InChI is InChI=1S/C19H30FN3O2/c1-14(2)15(3)21-19(24)13-23-9-7-22(8-10-23)12-16-11-17(20)5-6-18(16)25-4/h5-6,11,14-15H,7-10,12-13H2,1-4H3,(H,21,24)/p+2/t15-/m0/s1. The molecule has 5 nitrogen and oxygen atoms in total. The van der Waals surface area contributed by atoms with Crippen LogP contribution in [0.2, 0.25) is 0 Å². The van der Waals surface area contributed by atoms with Crippen molar-refractivity contribution < 1.29 is 23.7 Å². The minimum Gasteiger partial charge on any atom is -0.496 e. The van der Waals surface area contributed by atoms with Gasteiger partial charge in [0.25, 0.3) is 5.91 Å². The monoisotopic (exact) mass is 353 g/mol. The first-order chi connectivity index (χ1) is 11.9. The van der Waals surface area contributed by atoms with Gasteiger partial charge in [0.05, 0.1) is 12.7 Å². The van der Waals surface area contributed by atoms with Crippen LogP contribution < -0.4 is 19.9 Å². The molecule has 25 heavy (non-hydrogen) atoms. The summed E-state index contributed by atoms with van der Waals surface area (Å²) in [6, 6.07) is 4.88. The Morgan fingerprint density at radius 2 is 1.84 bits per heavy atom. The normalized spacial score (nSPS) is 21.8. The highest BCUT2D eigenvalue weighted by Gasteiger charge is 2.26. The number of ether oxygens (including phenoxy) is 1. The minimum atomic E-state index is -0.226. The molecule has 2 rings (SSSR count). The highest BCUT2D eigenvalue weighted by atomic mass is 19.1. The summed E-state index contributed by atoms with van der Waals surface area (Å²) in [7, 11) is 1.62.